The van der Waals surface area contributed by atoms with Crippen LogP contribution in [0.2, 0.25) is 0 Å². The smallest absolute Gasteiger partial charge is 0.00785 e. The first-order valence-electron chi connectivity index (χ1n) is 3.46. The summed E-state index contributed by atoms with van der Waals surface area (Å²) in [6, 6.07) is 0. The zero-order valence-electron chi connectivity index (χ0n) is 6.23. The van der Waals surface area contributed by atoms with Crippen molar-refractivity contribution in [3.05, 3.63) is 0 Å². The van der Waals surface area contributed by atoms with Gasteiger partial charge in [-0.3, -0.25) is 0 Å². The normalized spacial score (nSPS) is 53.0. The van der Waals surface area contributed by atoms with Crippen molar-refractivity contribution in [3.63, 3.8) is 0 Å². The van der Waals surface area contributed by atoms with Crippen LogP contribution in [-0.2, 0) is 0 Å². The molecule has 1 aliphatic heterocycles. The van der Waals surface area contributed by atoms with Gasteiger partial charge in [0.2, 0.25) is 0 Å². The molecule has 0 aromatic heterocycles. The molecule has 0 spiro atoms. The third-order valence-corrected chi connectivity index (χ3v) is 7.50. The first-order valence-corrected chi connectivity index (χ1v) is 6.93. The van der Waals surface area contributed by atoms with Crippen LogP contribution in [0.1, 0.15) is 20.8 Å². The van der Waals surface area contributed by atoms with Crippen LogP contribution in [0.4, 0.5) is 0 Å². The highest BCUT2D eigenvalue weighted by molar-refractivity contribution is 7.75. The van der Waals surface area contributed by atoms with Crippen molar-refractivity contribution in [1.82, 2.24) is 0 Å². The minimum absolute atomic E-state index is 1.05. The maximum Gasteiger partial charge on any atom is -0.00785 e. The fraction of sp³-hybridized carbons (Fsp3) is 1.00. The average Bonchev–Trinajstić information content (AvgIpc) is 1.59. The van der Waals surface area contributed by atoms with Gasteiger partial charge in [0.1, 0.15) is 0 Å². The minimum atomic E-state index is 1.05. The number of rotatable bonds is 0. The van der Waals surface area contributed by atoms with Crippen molar-refractivity contribution < 1.29 is 0 Å². The molecule has 0 amide bonds. The molecule has 1 rings (SSSR count). The summed E-state index contributed by atoms with van der Waals surface area (Å²) in [7, 11) is 3.78. The lowest BCUT2D eigenvalue weighted by Gasteiger charge is -2.29. The Morgan fingerprint density at radius 1 is 0.667 bits per heavy atom. The van der Waals surface area contributed by atoms with Gasteiger partial charge in [-0.25, -0.2) is 0 Å². The molecular weight excluding hydrogens is 165 g/mol. The second kappa shape index (κ2) is 3.61. The van der Waals surface area contributed by atoms with Gasteiger partial charge in [0.05, 0.1) is 0 Å². The van der Waals surface area contributed by atoms with E-state index in [1.165, 1.54) is 25.7 Å². The first kappa shape index (κ1) is 8.39. The van der Waals surface area contributed by atoms with Crippen molar-refractivity contribution >= 4 is 25.7 Å². The molecule has 0 nitrogen and oxygen atoms in total. The van der Waals surface area contributed by atoms with Crippen molar-refractivity contribution in [1.29, 1.82) is 0 Å². The topological polar surface area (TPSA) is 0 Å². The van der Waals surface area contributed by atoms with Crippen LogP contribution in [0.5, 0.6) is 0 Å². The monoisotopic (exact) mass is 180 g/mol. The largest absolute Gasteiger partial charge is 0.108 e. The van der Waals surface area contributed by atoms with Gasteiger partial charge < -0.3 is 0 Å². The van der Waals surface area contributed by atoms with Crippen molar-refractivity contribution in [2.45, 2.75) is 37.0 Å². The molecule has 0 atom stereocenters. The summed E-state index contributed by atoms with van der Waals surface area (Å²) < 4.78 is 0. The summed E-state index contributed by atoms with van der Waals surface area (Å²) in [6.45, 7) is 7.23. The highest BCUT2D eigenvalue weighted by Gasteiger charge is 2.19. The molecule has 3 heteroatoms. The maximum absolute atomic E-state index is 2.41. The van der Waals surface area contributed by atoms with Crippen molar-refractivity contribution in [3.8, 4) is 0 Å². The molecule has 54 valence electrons. The Morgan fingerprint density at radius 2 is 0.889 bits per heavy atom. The Bertz CT molecular complexity index is 69.3. The summed E-state index contributed by atoms with van der Waals surface area (Å²) in [5.41, 5.74) is 0. The van der Waals surface area contributed by atoms with Crippen LogP contribution in [0.3, 0.4) is 0 Å². The molecule has 9 heavy (non-hydrogen) atoms. The van der Waals surface area contributed by atoms with E-state index in [-0.39, 0.29) is 0 Å². The van der Waals surface area contributed by atoms with Gasteiger partial charge in [-0.05, 0) is 16.2 Å². The van der Waals surface area contributed by atoms with E-state index < -0.39 is 0 Å². The molecule has 0 aliphatic carbocycles. The highest BCUT2D eigenvalue weighted by Crippen LogP contribution is 2.57. The Morgan fingerprint density at radius 3 is 1.11 bits per heavy atom. The predicted molar refractivity (Wildman–Crippen MR) is 53.3 cm³/mol. The molecule has 0 aromatic rings. The lowest BCUT2D eigenvalue weighted by molar-refractivity contribution is 1.24. The second-order valence-electron chi connectivity index (χ2n) is 2.67. The number of hydrogen-bond donors (Lipinski definition) is 0. The Labute approximate surface area is 63.3 Å². The van der Waals surface area contributed by atoms with E-state index in [9.17, 15) is 0 Å². The van der Waals surface area contributed by atoms with Crippen LogP contribution in [0, 0.1) is 0 Å². The zero-order valence-corrected chi connectivity index (χ0v) is 9.23. The Balaban J connectivity index is 2.34. The average molecular weight is 180 g/mol. The van der Waals surface area contributed by atoms with Gasteiger partial charge in [-0.2, -0.15) is 0 Å². The van der Waals surface area contributed by atoms with E-state index in [2.05, 4.69) is 20.8 Å². The van der Waals surface area contributed by atoms with Gasteiger partial charge in [0.25, 0.3) is 0 Å². The van der Waals surface area contributed by atoms with Gasteiger partial charge in [-0.15, -0.1) is 25.7 Å². The van der Waals surface area contributed by atoms with E-state index in [0.29, 0.717) is 0 Å². The fourth-order valence-electron chi connectivity index (χ4n) is 1.27. The molecule has 0 unspecified atom stereocenters. The molecule has 0 saturated carbocycles. The van der Waals surface area contributed by atoms with Crippen molar-refractivity contribution in [2.24, 2.45) is 0 Å². The van der Waals surface area contributed by atoms with Gasteiger partial charge >= 0.3 is 0 Å². The van der Waals surface area contributed by atoms with Crippen molar-refractivity contribution in [2.75, 3.05) is 0 Å². The Hall–Kier alpha value is 1.29. The first-order chi connectivity index (χ1) is 4.18. The zero-order chi connectivity index (χ0) is 6.85. The highest BCUT2D eigenvalue weighted by atomic mass is 31.2. The van der Waals surface area contributed by atoms with Crippen LogP contribution in [0.15, 0.2) is 0 Å². The molecule has 0 radical (unpaired) electrons. The van der Waals surface area contributed by atoms with Gasteiger partial charge in [0.15, 0.2) is 0 Å². The van der Waals surface area contributed by atoms with Crippen LogP contribution in [-0.4, -0.2) is 16.2 Å². The maximum atomic E-state index is 2.41. The van der Waals surface area contributed by atoms with E-state index in [4.69, 9.17) is 0 Å². The van der Waals surface area contributed by atoms with Crippen LogP contribution in [0.25, 0.3) is 0 Å². The molecule has 1 heterocycles. The molecule has 1 fully saturated rings. The van der Waals surface area contributed by atoms with E-state index in [0.717, 1.165) is 16.2 Å². The SMILES string of the molecule is CC1PC(C)PC(C)P1. The fourth-order valence-corrected chi connectivity index (χ4v) is 10.7. The quantitative estimate of drug-likeness (QED) is 0.502. The third kappa shape index (κ3) is 2.80. The van der Waals surface area contributed by atoms with Gasteiger partial charge in [0, 0.05) is 0 Å². The molecule has 1 saturated heterocycles. The summed E-state index contributed by atoms with van der Waals surface area (Å²) in [5, 5.41) is 3.16. The third-order valence-electron chi connectivity index (χ3n) is 1.50. The summed E-state index contributed by atoms with van der Waals surface area (Å²) in [6.07, 6.45) is 0. The Kier molecular flexibility index (Phi) is 3.37. The lowest BCUT2D eigenvalue weighted by Crippen LogP contribution is -2.04. The minimum Gasteiger partial charge on any atom is -0.108 e. The predicted octanol–water partition coefficient (Wildman–Crippen LogP) is 3.07. The van der Waals surface area contributed by atoms with E-state index in [1.807, 2.05) is 0 Å². The standard InChI is InChI=1S/C6H15P3/c1-4-7-5(2)9-6(3)8-4/h4-9H,1-3H3. The molecule has 0 aromatic carbocycles. The van der Waals surface area contributed by atoms with E-state index in [1.54, 1.807) is 0 Å². The van der Waals surface area contributed by atoms with E-state index >= 15 is 0 Å². The summed E-state index contributed by atoms with van der Waals surface area (Å²) >= 11 is 0. The molecule has 0 bridgehead atoms. The van der Waals surface area contributed by atoms with Crippen LogP contribution < -0.4 is 0 Å². The second-order valence-corrected chi connectivity index (χ2v) is 10.6. The van der Waals surface area contributed by atoms with Gasteiger partial charge in [-0.1, -0.05) is 20.8 Å². The van der Waals surface area contributed by atoms with Crippen LogP contribution >= 0.6 is 25.7 Å². The molecular formula is C6H15P3. The molecule has 0 N–H and O–H groups in total. The molecule has 1 aliphatic rings. The summed E-state index contributed by atoms with van der Waals surface area (Å²) in [5.74, 6) is 0. The summed E-state index contributed by atoms with van der Waals surface area (Å²) in [4.78, 5) is 0. The number of hydrogen-bond acceptors (Lipinski definition) is 0. The lowest BCUT2D eigenvalue weighted by atomic mass is 10.9.